The second-order valence-electron chi connectivity index (χ2n) is 8.32. The van der Waals surface area contributed by atoms with Crippen molar-refractivity contribution >= 4 is 23.0 Å². The van der Waals surface area contributed by atoms with Gasteiger partial charge in [0.1, 0.15) is 11.4 Å². The van der Waals surface area contributed by atoms with Crippen molar-refractivity contribution < 1.29 is 26.7 Å². The molecule has 1 aliphatic heterocycles. The zero-order valence-electron chi connectivity index (χ0n) is 19.0. The van der Waals surface area contributed by atoms with Gasteiger partial charge in [0.2, 0.25) is 0 Å². The van der Waals surface area contributed by atoms with Gasteiger partial charge in [0.25, 0.3) is 5.56 Å². The summed E-state index contributed by atoms with van der Waals surface area (Å²) < 4.78 is 74.9. The number of benzene rings is 1. The number of hydrogen-bond donors (Lipinski definition) is 1. The van der Waals surface area contributed by atoms with E-state index in [1.165, 1.54) is 22.9 Å². The number of rotatable bonds is 5. The molecule has 34 heavy (non-hydrogen) atoms. The van der Waals surface area contributed by atoms with E-state index in [1.807, 2.05) is 6.92 Å². The minimum atomic E-state index is -5.79. The van der Waals surface area contributed by atoms with Gasteiger partial charge < -0.3 is 15.0 Å². The Kier molecular flexibility index (Phi) is 6.80. The summed E-state index contributed by atoms with van der Waals surface area (Å²) >= 11 is 5.35. The molecule has 0 atom stereocenters. The number of hydrogen-bond acceptors (Lipinski definition) is 3. The average Bonchev–Trinajstić information content (AvgIpc) is 2.73. The largest absolute Gasteiger partial charge is 0.483 e. The van der Waals surface area contributed by atoms with E-state index in [4.69, 9.17) is 17.0 Å². The molecule has 0 unspecified atom stereocenters. The Morgan fingerprint density at radius 3 is 2.44 bits per heavy atom. The fourth-order valence-electron chi connectivity index (χ4n) is 3.69. The normalized spacial score (nSPS) is 15.4. The maximum Gasteiger partial charge on any atom is 0.458 e. The van der Waals surface area contributed by atoms with Crippen molar-refractivity contribution in [2.24, 2.45) is 0 Å². The second kappa shape index (κ2) is 9.01. The molecule has 0 saturated carbocycles. The Hall–Kier alpha value is -2.95. The number of ether oxygens (including phenoxy) is 1. The molecule has 0 bridgehead atoms. The molecule has 0 radical (unpaired) electrons. The van der Waals surface area contributed by atoms with Crippen LogP contribution in [0.5, 0.6) is 5.75 Å². The molecule has 0 fully saturated rings. The fraction of sp³-hybridized carbons (Fsp3) is 0.391. The Balaban J connectivity index is 2.32. The summed E-state index contributed by atoms with van der Waals surface area (Å²) in [7, 11) is 1.70. The van der Waals surface area contributed by atoms with Gasteiger partial charge in [-0.3, -0.25) is 9.36 Å². The van der Waals surface area contributed by atoms with E-state index < -0.39 is 28.8 Å². The number of alkyl halides is 5. The van der Waals surface area contributed by atoms with Crippen molar-refractivity contribution in [1.29, 1.82) is 0 Å². The summed E-state index contributed by atoms with van der Waals surface area (Å²) in [6.45, 7) is 5.99. The number of aromatic nitrogens is 1. The summed E-state index contributed by atoms with van der Waals surface area (Å²) in [5.41, 5.74) is -2.18. The SMILES string of the molecule is CCNC(=S)N(C)CC1=C(n2ccccc2=O)c2cc(C(F)(F)C(F)(F)F)ccc2OC1(C)C. The van der Waals surface area contributed by atoms with Crippen LogP contribution in [-0.2, 0) is 5.92 Å². The minimum Gasteiger partial charge on any atom is -0.483 e. The van der Waals surface area contributed by atoms with Crippen molar-refractivity contribution in [3.8, 4) is 5.75 Å². The smallest absolute Gasteiger partial charge is 0.458 e. The lowest BCUT2D eigenvalue weighted by Crippen LogP contribution is -2.45. The van der Waals surface area contributed by atoms with E-state index >= 15 is 0 Å². The molecule has 0 spiro atoms. The molecule has 3 rings (SSSR count). The van der Waals surface area contributed by atoms with Gasteiger partial charge in [-0.15, -0.1) is 0 Å². The third kappa shape index (κ3) is 4.66. The first-order valence-electron chi connectivity index (χ1n) is 10.4. The van der Waals surface area contributed by atoms with Gasteiger partial charge in [0.05, 0.1) is 5.70 Å². The molecule has 5 nitrogen and oxygen atoms in total. The number of fused-ring (bicyclic) bond motifs is 1. The third-order valence-corrected chi connectivity index (χ3v) is 5.92. The van der Waals surface area contributed by atoms with E-state index in [0.29, 0.717) is 23.3 Å². The standard InChI is InChI=1S/C23H24F5N3O2S/c1-5-29-20(34)30(4)13-16-19(31-11-7-6-8-18(31)32)15-12-14(22(24,25)23(26,27)28)9-10-17(15)33-21(16,2)3/h6-12H,5,13H2,1-4H3,(H,29,34). The van der Waals surface area contributed by atoms with Gasteiger partial charge in [-0.25, -0.2) is 0 Å². The first-order valence-corrected chi connectivity index (χ1v) is 10.8. The van der Waals surface area contributed by atoms with Crippen molar-refractivity contribution in [3.63, 3.8) is 0 Å². The summed E-state index contributed by atoms with van der Waals surface area (Å²) in [6, 6.07) is 6.83. The van der Waals surface area contributed by atoms with Gasteiger partial charge in [-0.05, 0) is 57.3 Å². The van der Waals surface area contributed by atoms with Gasteiger partial charge in [0.15, 0.2) is 5.11 Å². The van der Waals surface area contributed by atoms with E-state index in [2.05, 4.69) is 5.32 Å². The first kappa shape index (κ1) is 25.7. The van der Waals surface area contributed by atoms with E-state index in [1.54, 1.807) is 31.9 Å². The zero-order chi connectivity index (χ0) is 25.5. The van der Waals surface area contributed by atoms with Crippen LogP contribution in [0.15, 0.2) is 53.0 Å². The summed E-state index contributed by atoms with van der Waals surface area (Å²) in [5.74, 6) is -5.01. The van der Waals surface area contributed by atoms with Crippen LogP contribution < -0.4 is 15.6 Å². The quantitative estimate of drug-likeness (QED) is 0.473. The molecule has 1 aromatic heterocycles. The molecule has 0 amide bonds. The number of thiocarbonyl (C=S) groups is 1. The van der Waals surface area contributed by atoms with Crippen LogP contribution in [0.4, 0.5) is 22.0 Å². The third-order valence-electron chi connectivity index (χ3n) is 5.46. The number of pyridine rings is 1. The Morgan fingerprint density at radius 1 is 1.18 bits per heavy atom. The molecular formula is C23H24F5N3O2S. The highest BCUT2D eigenvalue weighted by Crippen LogP contribution is 2.48. The van der Waals surface area contributed by atoms with Gasteiger partial charge in [-0.2, -0.15) is 22.0 Å². The molecule has 1 aliphatic rings. The van der Waals surface area contributed by atoms with Crippen molar-refractivity contribution in [2.45, 2.75) is 38.5 Å². The number of halogens is 5. The lowest BCUT2D eigenvalue weighted by atomic mass is 9.87. The monoisotopic (exact) mass is 501 g/mol. The maximum atomic E-state index is 14.2. The highest BCUT2D eigenvalue weighted by molar-refractivity contribution is 7.80. The number of nitrogens with one attached hydrogen (secondary N) is 1. The molecular weight excluding hydrogens is 477 g/mol. The average molecular weight is 502 g/mol. The molecule has 1 aromatic carbocycles. The highest BCUT2D eigenvalue weighted by atomic mass is 32.1. The van der Waals surface area contributed by atoms with Crippen molar-refractivity contribution in [2.75, 3.05) is 20.1 Å². The molecule has 0 aliphatic carbocycles. The Bertz CT molecular complexity index is 1190. The van der Waals surface area contributed by atoms with Crippen LogP contribution in [0.3, 0.4) is 0 Å². The lowest BCUT2D eigenvalue weighted by molar-refractivity contribution is -0.289. The topological polar surface area (TPSA) is 46.5 Å². The van der Waals surface area contributed by atoms with Gasteiger partial charge >= 0.3 is 12.1 Å². The van der Waals surface area contributed by atoms with E-state index in [9.17, 15) is 26.7 Å². The molecule has 11 heteroatoms. The Morgan fingerprint density at radius 2 is 1.85 bits per heavy atom. The maximum absolute atomic E-state index is 14.2. The predicted octanol–water partition coefficient (Wildman–Crippen LogP) is 4.76. The van der Waals surface area contributed by atoms with Crippen LogP contribution in [0.2, 0.25) is 0 Å². The molecule has 2 aromatic rings. The van der Waals surface area contributed by atoms with Crippen LogP contribution in [0.25, 0.3) is 5.70 Å². The fourth-order valence-corrected chi connectivity index (χ4v) is 3.90. The van der Waals surface area contributed by atoms with E-state index in [-0.39, 0.29) is 23.6 Å². The summed E-state index contributed by atoms with van der Waals surface area (Å²) in [6.07, 6.45) is -4.36. The molecule has 0 saturated heterocycles. The van der Waals surface area contributed by atoms with Crippen molar-refractivity contribution in [1.82, 2.24) is 14.8 Å². The Labute approximate surface area is 198 Å². The lowest BCUT2D eigenvalue weighted by Gasteiger charge is -2.39. The minimum absolute atomic E-state index is 0.0492. The second-order valence-corrected chi connectivity index (χ2v) is 8.71. The highest BCUT2D eigenvalue weighted by Gasteiger charge is 2.59. The first-order chi connectivity index (χ1) is 15.7. The summed E-state index contributed by atoms with van der Waals surface area (Å²) in [4.78, 5) is 14.4. The van der Waals surface area contributed by atoms with Crippen molar-refractivity contribution in [3.05, 3.63) is 69.6 Å². The van der Waals surface area contributed by atoms with Crippen LogP contribution >= 0.6 is 12.2 Å². The predicted molar refractivity (Wildman–Crippen MR) is 123 cm³/mol. The zero-order valence-corrected chi connectivity index (χ0v) is 19.8. The molecule has 2 heterocycles. The number of nitrogens with zero attached hydrogens (tertiary/aromatic N) is 2. The molecule has 1 N–H and O–H groups in total. The number of likely N-dealkylation sites (N-methyl/N-ethyl adjacent to an activating group) is 1. The molecule has 184 valence electrons. The van der Waals surface area contributed by atoms with E-state index in [0.717, 1.165) is 12.1 Å². The van der Waals surface area contributed by atoms with Crippen LogP contribution in [0.1, 0.15) is 31.9 Å². The van der Waals surface area contributed by atoms with Crippen LogP contribution in [-0.4, -0.2) is 46.5 Å². The summed E-state index contributed by atoms with van der Waals surface area (Å²) in [5, 5.41) is 3.39. The van der Waals surface area contributed by atoms with Gasteiger partial charge in [0, 0.05) is 49.1 Å². The van der Waals surface area contributed by atoms with Crippen LogP contribution in [0, 0.1) is 0 Å². The van der Waals surface area contributed by atoms with Gasteiger partial charge in [-0.1, -0.05) is 6.07 Å².